The van der Waals surface area contributed by atoms with Crippen molar-refractivity contribution in [2.45, 2.75) is 26.5 Å². The Kier molecular flexibility index (Phi) is 3.77. The van der Waals surface area contributed by atoms with Gasteiger partial charge in [0.25, 0.3) is 0 Å². The molecule has 0 heterocycles. The molecule has 0 radical (unpaired) electrons. The Bertz CT molecular complexity index is 241. The van der Waals surface area contributed by atoms with Crippen molar-refractivity contribution in [3.05, 3.63) is 29.8 Å². The third kappa shape index (κ3) is 3.47. The van der Waals surface area contributed by atoms with Crippen molar-refractivity contribution >= 4 is 0 Å². The third-order valence-electron chi connectivity index (χ3n) is 1.68. The Hall–Kier alpha value is -1.02. The smallest absolute Gasteiger partial charge is 0.119 e. The van der Waals surface area contributed by atoms with E-state index in [2.05, 4.69) is 17.4 Å². The van der Waals surface area contributed by atoms with Crippen molar-refractivity contribution < 1.29 is 4.74 Å². The van der Waals surface area contributed by atoms with Gasteiger partial charge in [0.1, 0.15) is 5.75 Å². The van der Waals surface area contributed by atoms with Crippen molar-refractivity contribution in [3.8, 4) is 5.75 Å². The highest BCUT2D eigenvalue weighted by Crippen LogP contribution is 2.13. The maximum absolute atomic E-state index is 5.53. The number of ether oxygens (including phenoxy) is 1. The Morgan fingerprint density at radius 1 is 1.23 bits per heavy atom. The minimum atomic E-state index is 0.246. The zero-order valence-corrected chi connectivity index (χ0v) is 8.50. The molecule has 0 aliphatic rings. The minimum Gasteiger partial charge on any atom is -0.491 e. The van der Waals surface area contributed by atoms with Crippen LogP contribution in [-0.4, -0.2) is 13.2 Å². The molecule has 0 amide bonds. The fraction of sp³-hybridized carbons (Fsp3) is 0.455. The lowest BCUT2D eigenvalue weighted by Gasteiger charge is -2.09. The topological polar surface area (TPSA) is 21.3 Å². The highest BCUT2D eigenvalue weighted by Gasteiger charge is 1.96. The van der Waals surface area contributed by atoms with Crippen LogP contribution in [0, 0.1) is 0 Å². The summed E-state index contributed by atoms with van der Waals surface area (Å²) in [6.07, 6.45) is 0.246. The van der Waals surface area contributed by atoms with Crippen LogP contribution < -0.4 is 10.1 Å². The molecule has 0 atom stereocenters. The first-order valence-electron chi connectivity index (χ1n) is 4.62. The molecular weight excluding hydrogens is 162 g/mol. The summed E-state index contributed by atoms with van der Waals surface area (Å²) in [7, 11) is 1.94. The monoisotopic (exact) mass is 179 g/mol. The van der Waals surface area contributed by atoms with Crippen LogP contribution in [0.25, 0.3) is 0 Å². The Morgan fingerprint density at radius 2 is 1.85 bits per heavy atom. The van der Waals surface area contributed by atoms with E-state index in [0.717, 1.165) is 12.3 Å². The van der Waals surface area contributed by atoms with E-state index in [1.807, 2.05) is 33.0 Å². The van der Waals surface area contributed by atoms with Crippen LogP contribution in [0.2, 0.25) is 0 Å². The van der Waals surface area contributed by atoms with Crippen LogP contribution in [-0.2, 0) is 6.54 Å². The number of hydrogen-bond donors (Lipinski definition) is 1. The van der Waals surface area contributed by atoms with Crippen LogP contribution in [0.5, 0.6) is 5.75 Å². The first kappa shape index (κ1) is 10.1. The normalized spacial score (nSPS) is 10.5. The lowest BCUT2D eigenvalue weighted by atomic mass is 10.2. The average Bonchev–Trinajstić information content (AvgIpc) is 2.08. The van der Waals surface area contributed by atoms with Crippen LogP contribution in [0.4, 0.5) is 0 Å². The average molecular weight is 179 g/mol. The number of benzene rings is 1. The van der Waals surface area contributed by atoms with Crippen molar-refractivity contribution in [1.29, 1.82) is 0 Å². The molecule has 0 saturated heterocycles. The molecule has 1 rings (SSSR count). The SMILES string of the molecule is CNCc1ccc(OC(C)C)cc1. The lowest BCUT2D eigenvalue weighted by molar-refractivity contribution is 0.242. The second-order valence-corrected chi connectivity index (χ2v) is 3.34. The molecule has 0 fully saturated rings. The highest BCUT2D eigenvalue weighted by molar-refractivity contribution is 5.27. The molecule has 2 heteroatoms. The first-order chi connectivity index (χ1) is 6.22. The van der Waals surface area contributed by atoms with Crippen LogP contribution in [0.15, 0.2) is 24.3 Å². The second-order valence-electron chi connectivity index (χ2n) is 3.34. The van der Waals surface area contributed by atoms with Gasteiger partial charge >= 0.3 is 0 Å². The van der Waals surface area contributed by atoms with Gasteiger partial charge in [-0.05, 0) is 38.6 Å². The molecule has 0 spiro atoms. The van der Waals surface area contributed by atoms with Crippen molar-refractivity contribution in [2.24, 2.45) is 0 Å². The van der Waals surface area contributed by atoms with Gasteiger partial charge in [-0.2, -0.15) is 0 Å². The fourth-order valence-corrected chi connectivity index (χ4v) is 1.16. The van der Waals surface area contributed by atoms with Gasteiger partial charge in [-0.1, -0.05) is 12.1 Å². The summed E-state index contributed by atoms with van der Waals surface area (Å²) in [5.74, 6) is 0.940. The van der Waals surface area contributed by atoms with E-state index in [1.165, 1.54) is 5.56 Å². The highest BCUT2D eigenvalue weighted by atomic mass is 16.5. The van der Waals surface area contributed by atoms with E-state index in [4.69, 9.17) is 4.74 Å². The largest absolute Gasteiger partial charge is 0.491 e. The van der Waals surface area contributed by atoms with Crippen molar-refractivity contribution in [3.63, 3.8) is 0 Å². The standard InChI is InChI=1S/C11H17NO/c1-9(2)13-11-6-4-10(5-7-11)8-12-3/h4-7,9,12H,8H2,1-3H3. The molecule has 0 aliphatic carbocycles. The van der Waals surface area contributed by atoms with Gasteiger partial charge in [0.05, 0.1) is 6.10 Å². The second kappa shape index (κ2) is 4.87. The van der Waals surface area contributed by atoms with E-state index < -0.39 is 0 Å². The summed E-state index contributed by atoms with van der Waals surface area (Å²) in [6, 6.07) is 8.17. The summed E-state index contributed by atoms with van der Waals surface area (Å²) in [5.41, 5.74) is 1.28. The summed E-state index contributed by atoms with van der Waals surface area (Å²) in [6.45, 7) is 4.96. The van der Waals surface area contributed by atoms with Crippen molar-refractivity contribution in [2.75, 3.05) is 7.05 Å². The molecule has 0 bridgehead atoms. The molecule has 2 nitrogen and oxygen atoms in total. The predicted octanol–water partition coefficient (Wildman–Crippen LogP) is 2.19. The lowest BCUT2D eigenvalue weighted by Crippen LogP contribution is -2.07. The zero-order valence-electron chi connectivity index (χ0n) is 8.50. The summed E-state index contributed by atoms with van der Waals surface area (Å²) >= 11 is 0. The molecule has 72 valence electrons. The maximum atomic E-state index is 5.53. The molecule has 0 aromatic heterocycles. The van der Waals surface area contributed by atoms with E-state index in [1.54, 1.807) is 0 Å². The fourth-order valence-electron chi connectivity index (χ4n) is 1.16. The third-order valence-corrected chi connectivity index (χ3v) is 1.68. The number of nitrogens with one attached hydrogen (secondary N) is 1. The molecule has 13 heavy (non-hydrogen) atoms. The maximum Gasteiger partial charge on any atom is 0.119 e. The minimum absolute atomic E-state index is 0.246. The Labute approximate surface area is 79.9 Å². The van der Waals surface area contributed by atoms with Gasteiger partial charge in [0.15, 0.2) is 0 Å². The van der Waals surface area contributed by atoms with Crippen LogP contribution in [0.3, 0.4) is 0 Å². The molecule has 1 N–H and O–H groups in total. The van der Waals surface area contributed by atoms with Crippen LogP contribution in [0.1, 0.15) is 19.4 Å². The van der Waals surface area contributed by atoms with Gasteiger partial charge in [-0.25, -0.2) is 0 Å². The number of hydrogen-bond acceptors (Lipinski definition) is 2. The van der Waals surface area contributed by atoms with Gasteiger partial charge in [-0.15, -0.1) is 0 Å². The Morgan fingerprint density at radius 3 is 2.31 bits per heavy atom. The Balaban J connectivity index is 2.59. The quantitative estimate of drug-likeness (QED) is 0.765. The van der Waals surface area contributed by atoms with E-state index >= 15 is 0 Å². The summed E-state index contributed by atoms with van der Waals surface area (Å²) in [4.78, 5) is 0. The molecular formula is C11H17NO. The van der Waals surface area contributed by atoms with Gasteiger partial charge in [0.2, 0.25) is 0 Å². The molecule has 0 saturated carbocycles. The molecule has 0 aliphatic heterocycles. The predicted molar refractivity (Wildman–Crippen MR) is 55.0 cm³/mol. The summed E-state index contributed by atoms with van der Waals surface area (Å²) < 4.78 is 5.53. The van der Waals surface area contributed by atoms with Gasteiger partial charge < -0.3 is 10.1 Å². The van der Waals surface area contributed by atoms with Gasteiger partial charge in [-0.3, -0.25) is 0 Å². The zero-order chi connectivity index (χ0) is 9.68. The summed E-state index contributed by atoms with van der Waals surface area (Å²) in [5, 5.41) is 3.10. The van der Waals surface area contributed by atoms with Gasteiger partial charge in [0, 0.05) is 6.54 Å². The molecule has 1 aromatic carbocycles. The number of rotatable bonds is 4. The first-order valence-corrected chi connectivity index (χ1v) is 4.62. The van der Waals surface area contributed by atoms with Crippen LogP contribution >= 0.6 is 0 Å². The van der Waals surface area contributed by atoms with E-state index in [-0.39, 0.29) is 6.10 Å². The van der Waals surface area contributed by atoms with E-state index in [0.29, 0.717) is 0 Å². The van der Waals surface area contributed by atoms with E-state index in [9.17, 15) is 0 Å². The molecule has 0 unspecified atom stereocenters. The van der Waals surface area contributed by atoms with Crippen molar-refractivity contribution in [1.82, 2.24) is 5.32 Å². The molecule has 1 aromatic rings.